The Kier molecular flexibility index (Phi) is 8.33. The molecule has 1 heterocycles. The van der Waals surface area contributed by atoms with Crippen LogP contribution in [-0.4, -0.2) is 68.0 Å². The van der Waals surface area contributed by atoms with E-state index in [1.807, 2.05) is 0 Å². The Hall–Kier alpha value is -2.34. The molecule has 0 unspecified atom stereocenters. The number of carbonyl (C=O) groups excluding carboxylic acids is 1. The summed E-state index contributed by atoms with van der Waals surface area (Å²) in [7, 11) is 3.48. The number of aliphatic imine (C=N–C) groups is 1. The zero-order valence-electron chi connectivity index (χ0n) is 16.9. The van der Waals surface area contributed by atoms with Crippen LogP contribution in [0, 0.1) is 6.92 Å². The van der Waals surface area contributed by atoms with Crippen molar-refractivity contribution in [3.8, 4) is 0 Å². The van der Waals surface area contributed by atoms with Gasteiger partial charge in [0.2, 0.25) is 5.91 Å². The van der Waals surface area contributed by atoms with E-state index < -0.39 is 0 Å². The summed E-state index contributed by atoms with van der Waals surface area (Å²) in [4.78, 5) is 20.3. The van der Waals surface area contributed by atoms with Crippen LogP contribution < -0.4 is 10.6 Å². The predicted octanol–water partition coefficient (Wildman–Crippen LogP) is 1.77. The highest BCUT2D eigenvalue weighted by molar-refractivity contribution is 5.85. The smallest absolute Gasteiger partial charge is 0.243 e. The quantitative estimate of drug-likeness (QED) is 0.436. The van der Waals surface area contributed by atoms with Gasteiger partial charge in [0.05, 0.1) is 0 Å². The van der Waals surface area contributed by atoms with Crippen LogP contribution in [0.4, 0.5) is 0 Å². The summed E-state index contributed by atoms with van der Waals surface area (Å²) < 4.78 is 0. The molecule has 148 valence electrons. The summed E-state index contributed by atoms with van der Waals surface area (Å²) in [5, 5.41) is 6.68. The van der Waals surface area contributed by atoms with Crippen LogP contribution in [0.15, 0.2) is 41.9 Å². The van der Waals surface area contributed by atoms with Gasteiger partial charge in [-0.3, -0.25) is 9.69 Å². The van der Waals surface area contributed by atoms with Crippen molar-refractivity contribution in [3.63, 3.8) is 0 Å². The fourth-order valence-electron chi connectivity index (χ4n) is 3.07. The summed E-state index contributed by atoms with van der Waals surface area (Å²) in [6.45, 7) is 9.78. The number of aryl methyl sites for hydroxylation is 1. The van der Waals surface area contributed by atoms with Crippen LogP contribution in [-0.2, 0) is 11.3 Å². The van der Waals surface area contributed by atoms with Gasteiger partial charge in [0, 0.05) is 46.3 Å². The van der Waals surface area contributed by atoms with Crippen molar-refractivity contribution in [2.24, 2.45) is 4.99 Å². The largest absolute Gasteiger partial charge is 0.354 e. The molecule has 1 aromatic carbocycles. The normalized spacial score (nSPS) is 16.0. The fourth-order valence-corrected chi connectivity index (χ4v) is 3.07. The van der Waals surface area contributed by atoms with E-state index in [2.05, 4.69) is 58.3 Å². The molecule has 0 saturated carbocycles. The maximum Gasteiger partial charge on any atom is 0.243 e. The van der Waals surface area contributed by atoms with Crippen LogP contribution in [0.2, 0.25) is 0 Å². The highest BCUT2D eigenvalue weighted by atomic mass is 16.2. The number of nitrogens with zero attached hydrogens (tertiary/aromatic N) is 3. The number of likely N-dealkylation sites (tertiary alicyclic amines) is 1. The summed E-state index contributed by atoms with van der Waals surface area (Å²) in [5.41, 5.74) is 2.76. The number of benzene rings is 1. The number of amides is 1. The van der Waals surface area contributed by atoms with Crippen molar-refractivity contribution < 1.29 is 4.79 Å². The van der Waals surface area contributed by atoms with Crippen LogP contribution in [0.1, 0.15) is 24.0 Å². The Balaban J connectivity index is 1.85. The first-order valence-corrected chi connectivity index (χ1v) is 9.62. The lowest BCUT2D eigenvalue weighted by Gasteiger charge is -2.33. The number of piperidine rings is 1. The number of likely N-dealkylation sites (N-methyl/N-ethyl adjacent to an activating group) is 1. The molecule has 1 aromatic rings. The van der Waals surface area contributed by atoms with E-state index in [-0.39, 0.29) is 12.5 Å². The number of hydrogen-bond donors (Lipinski definition) is 2. The van der Waals surface area contributed by atoms with Crippen molar-refractivity contribution in [1.82, 2.24) is 20.4 Å². The van der Waals surface area contributed by atoms with Gasteiger partial charge in [0.1, 0.15) is 6.54 Å². The lowest BCUT2D eigenvalue weighted by atomic mass is 10.0. The molecule has 1 amide bonds. The second kappa shape index (κ2) is 10.7. The third-order valence-corrected chi connectivity index (χ3v) is 4.87. The standard InChI is InChI=1S/C21H33N5O/c1-5-12-22-21(23-15-20(27)25(3)4)24-19-10-13-26(14-11-19)16-18-9-7-6-8-17(18)2/h5-9,19H,1,10-16H2,2-4H3,(H2,22,23,24). The second-order valence-corrected chi connectivity index (χ2v) is 7.24. The number of carbonyl (C=O) groups is 1. The molecule has 0 aromatic heterocycles. The first-order chi connectivity index (χ1) is 13.0. The van der Waals surface area contributed by atoms with Gasteiger partial charge in [-0.25, -0.2) is 4.99 Å². The van der Waals surface area contributed by atoms with E-state index >= 15 is 0 Å². The minimum absolute atomic E-state index is 0.0113. The van der Waals surface area contributed by atoms with Crippen LogP contribution in [0.3, 0.4) is 0 Å². The maximum atomic E-state index is 11.8. The van der Waals surface area contributed by atoms with Crippen molar-refractivity contribution in [3.05, 3.63) is 48.0 Å². The van der Waals surface area contributed by atoms with Crippen LogP contribution >= 0.6 is 0 Å². The lowest BCUT2D eigenvalue weighted by Crippen LogP contribution is -2.48. The van der Waals surface area contributed by atoms with E-state index in [0.29, 0.717) is 18.5 Å². The van der Waals surface area contributed by atoms with Gasteiger partial charge in [-0.05, 0) is 30.9 Å². The Morgan fingerprint density at radius 2 is 2.04 bits per heavy atom. The topological polar surface area (TPSA) is 60.0 Å². The molecule has 0 radical (unpaired) electrons. The lowest BCUT2D eigenvalue weighted by molar-refractivity contribution is -0.127. The summed E-state index contributed by atoms with van der Waals surface area (Å²) in [6, 6.07) is 8.95. The van der Waals surface area contributed by atoms with Crippen molar-refractivity contribution in [2.45, 2.75) is 32.4 Å². The Labute approximate surface area is 163 Å². The third-order valence-electron chi connectivity index (χ3n) is 4.87. The second-order valence-electron chi connectivity index (χ2n) is 7.24. The molecule has 0 spiro atoms. The van der Waals surface area contributed by atoms with E-state index in [1.165, 1.54) is 11.1 Å². The molecule has 1 aliphatic heterocycles. The molecule has 6 nitrogen and oxygen atoms in total. The average Bonchev–Trinajstić information content (AvgIpc) is 2.66. The number of nitrogens with one attached hydrogen (secondary N) is 2. The summed E-state index contributed by atoms with van der Waals surface area (Å²) in [6.07, 6.45) is 3.90. The Bertz CT molecular complexity index is 648. The molecular formula is C21H33N5O. The zero-order chi connectivity index (χ0) is 19.6. The van der Waals surface area contributed by atoms with E-state index in [9.17, 15) is 4.79 Å². The van der Waals surface area contributed by atoms with Gasteiger partial charge >= 0.3 is 0 Å². The monoisotopic (exact) mass is 371 g/mol. The number of hydrogen-bond acceptors (Lipinski definition) is 3. The van der Waals surface area contributed by atoms with E-state index in [4.69, 9.17) is 0 Å². The van der Waals surface area contributed by atoms with E-state index in [1.54, 1.807) is 25.1 Å². The fraction of sp³-hybridized carbons (Fsp3) is 0.524. The van der Waals surface area contributed by atoms with Crippen molar-refractivity contribution in [1.29, 1.82) is 0 Å². The first kappa shape index (κ1) is 21.0. The van der Waals surface area contributed by atoms with Crippen molar-refractivity contribution in [2.75, 3.05) is 40.3 Å². The van der Waals surface area contributed by atoms with E-state index in [0.717, 1.165) is 32.5 Å². The van der Waals surface area contributed by atoms with Gasteiger partial charge in [-0.2, -0.15) is 0 Å². The average molecular weight is 372 g/mol. The molecule has 0 atom stereocenters. The summed E-state index contributed by atoms with van der Waals surface area (Å²) >= 11 is 0. The first-order valence-electron chi connectivity index (χ1n) is 9.62. The van der Waals surface area contributed by atoms with Gasteiger partial charge in [0.25, 0.3) is 0 Å². The van der Waals surface area contributed by atoms with Gasteiger partial charge in [0.15, 0.2) is 5.96 Å². The summed E-state index contributed by atoms with van der Waals surface area (Å²) in [5.74, 6) is 0.671. The molecule has 1 saturated heterocycles. The molecule has 2 N–H and O–H groups in total. The number of guanidine groups is 1. The minimum atomic E-state index is -0.0113. The van der Waals surface area contributed by atoms with Gasteiger partial charge in [-0.1, -0.05) is 30.3 Å². The highest BCUT2D eigenvalue weighted by Gasteiger charge is 2.20. The predicted molar refractivity (Wildman–Crippen MR) is 112 cm³/mol. The molecular weight excluding hydrogens is 338 g/mol. The minimum Gasteiger partial charge on any atom is -0.354 e. The molecule has 2 rings (SSSR count). The molecule has 27 heavy (non-hydrogen) atoms. The van der Waals surface area contributed by atoms with Crippen LogP contribution in [0.5, 0.6) is 0 Å². The van der Waals surface area contributed by atoms with Gasteiger partial charge < -0.3 is 15.5 Å². The van der Waals surface area contributed by atoms with Gasteiger partial charge in [-0.15, -0.1) is 6.58 Å². The Morgan fingerprint density at radius 3 is 2.67 bits per heavy atom. The SMILES string of the molecule is C=CCNC(=NCC(=O)N(C)C)NC1CCN(Cc2ccccc2C)CC1. The van der Waals surface area contributed by atoms with Crippen LogP contribution in [0.25, 0.3) is 0 Å². The number of rotatable bonds is 7. The molecule has 0 aliphatic carbocycles. The highest BCUT2D eigenvalue weighted by Crippen LogP contribution is 2.16. The molecule has 0 bridgehead atoms. The van der Waals surface area contributed by atoms with Crippen molar-refractivity contribution >= 4 is 11.9 Å². The molecule has 6 heteroatoms. The Morgan fingerprint density at radius 1 is 1.33 bits per heavy atom. The zero-order valence-corrected chi connectivity index (χ0v) is 16.9. The molecule has 1 fully saturated rings. The molecule has 1 aliphatic rings. The maximum absolute atomic E-state index is 11.8. The third kappa shape index (κ3) is 7.06.